The predicted octanol–water partition coefficient (Wildman–Crippen LogP) is 1.75. The molecule has 34 heavy (non-hydrogen) atoms. The summed E-state index contributed by atoms with van der Waals surface area (Å²) >= 11 is 0. The van der Waals surface area contributed by atoms with Crippen LogP contribution in [0, 0.1) is 5.92 Å². The number of ether oxygens (including phenoxy) is 2. The van der Waals surface area contributed by atoms with Gasteiger partial charge in [-0.2, -0.15) is 0 Å². The third-order valence-electron chi connectivity index (χ3n) is 6.13. The minimum Gasteiger partial charge on any atom is -0.497 e. The Kier molecular flexibility index (Phi) is 7.76. The van der Waals surface area contributed by atoms with E-state index in [9.17, 15) is 14.4 Å². The highest BCUT2D eigenvalue weighted by molar-refractivity contribution is 6.07. The van der Waals surface area contributed by atoms with Crippen molar-refractivity contribution < 1.29 is 23.9 Å². The maximum absolute atomic E-state index is 13.0. The van der Waals surface area contributed by atoms with Crippen molar-refractivity contribution in [3.63, 3.8) is 0 Å². The van der Waals surface area contributed by atoms with Gasteiger partial charge in [0.2, 0.25) is 11.8 Å². The van der Waals surface area contributed by atoms with Gasteiger partial charge in [0.05, 0.1) is 37.5 Å². The molecule has 2 aromatic rings. The largest absolute Gasteiger partial charge is 0.497 e. The van der Waals surface area contributed by atoms with E-state index >= 15 is 0 Å². The molecular weight excluding hydrogens is 436 g/mol. The highest BCUT2D eigenvalue weighted by Gasteiger charge is 2.35. The van der Waals surface area contributed by atoms with Crippen LogP contribution in [0.2, 0.25) is 0 Å². The Morgan fingerprint density at radius 3 is 2.56 bits per heavy atom. The number of nitrogens with zero attached hydrogens (tertiary/aromatic N) is 2. The summed E-state index contributed by atoms with van der Waals surface area (Å²) in [6, 6.07) is 14.1. The van der Waals surface area contributed by atoms with Crippen LogP contribution in [0.1, 0.15) is 16.8 Å². The molecule has 4 rings (SSSR count). The SMILES string of the molecule is COc1ccc(N2C[C@H](C(=O)Nc3ccccc3C(=O)NCCN3CCOCC3)CC2=O)cc1. The lowest BCUT2D eigenvalue weighted by Gasteiger charge is -2.26. The molecule has 180 valence electrons. The molecule has 2 heterocycles. The van der Waals surface area contributed by atoms with E-state index < -0.39 is 5.92 Å². The lowest BCUT2D eigenvalue weighted by Crippen LogP contribution is -2.41. The average molecular weight is 467 g/mol. The van der Waals surface area contributed by atoms with Crippen molar-refractivity contribution in [3.05, 3.63) is 54.1 Å². The Balaban J connectivity index is 1.34. The number of amides is 3. The molecule has 3 amide bonds. The Morgan fingerprint density at radius 2 is 1.82 bits per heavy atom. The standard InChI is InChI=1S/C25H30N4O5/c1-33-20-8-6-19(7-9-20)29-17-18(16-23(29)30)24(31)27-22-5-3-2-4-21(22)25(32)26-10-11-28-12-14-34-15-13-28/h2-9,18H,10-17H2,1H3,(H,26,32)(H,27,31)/t18-/m1/s1. The van der Waals surface area contributed by atoms with Gasteiger partial charge in [0.15, 0.2) is 0 Å². The molecule has 9 nitrogen and oxygen atoms in total. The minimum absolute atomic E-state index is 0.112. The van der Waals surface area contributed by atoms with E-state index in [1.807, 2.05) is 0 Å². The molecule has 2 aromatic carbocycles. The number of methoxy groups -OCH3 is 1. The summed E-state index contributed by atoms with van der Waals surface area (Å²) in [5.74, 6) is -0.444. The van der Waals surface area contributed by atoms with Gasteiger partial charge in [-0.15, -0.1) is 0 Å². The third kappa shape index (κ3) is 5.73. The fourth-order valence-corrected chi connectivity index (χ4v) is 4.17. The summed E-state index contributed by atoms with van der Waals surface area (Å²) in [4.78, 5) is 42.1. The predicted molar refractivity (Wildman–Crippen MR) is 128 cm³/mol. The third-order valence-corrected chi connectivity index (χ3v) is 6.13. The van der Waals surface area contributed by atoms with Gasteiger partial charge >= 0.3 is 0 Å². The van der Waals surface area contributed by atoms with Gasteiger partial charge in [-0.3, -0.25) is 19.3 Å². The summed E-state index contributed by atoms with van der Waals surface area (Å²) in [7, 11) is 1.58. The molecule has 0 radical (unpaired) electrons. The highest BCUT2D eigenvalue weighted by Crippen LogP contribution is 2.28. The molecule has 2 aliphatic heterocycles. The fraction of sp³-hybridized carbons (Fsp3) is 0.400. The number of carbonyl (C=O) groups is 3. The molecule has 2 fully saturated rings. The molecule has 0 saturated carbocycles. The zero-order valence-corrected chi connectivity index (χ0v) is 19.3. The van der Waals surface area contributed by atoms with Crippen molar-refractivity contribution in [2.45, 2.75) is 6.42 Å². The molecule has 0 spiro atoms. The normalized spacial score (nSPS) is 18.6. The van der Waals surface area contributed by atoms with Crippen LogP contribution in [0.15, 0.2) is 48.5 Å². The summed E-state index contributed by atoms with van der Waals surface area (Å²) < 4.78 is 10.5. The van der Waals surface area contributed by atoms with Crippen LogP contribution in [0.25, 0.3) is 0 Å². The molecule has 0 aromatic heterocycles. The Morgan fingerprint density at radius 1 is 1.09 bits per heavy atom. The molecule has 2 N–H and O–H groups in total. The molecular formula is C25H30N4O5. The van der Waals surface area contributed by atoms with Gasteiger partial charge in [-0.05, 0) is 36.4 Å². The lowest BCUT2D eigenvalue weighted by molar-refractivity contribution is -0.122. The monoisotopic (exact) mass is 466 g/mol. The van der Waals surface area contributed by atoms with Crippen LogP contribution < -0.4 is 20.3 Å². The van der Waals surface area contributed by atoms with Crippen molar-refractivity contribution >= 4 is 29.1 Å². The molecule has 1 atom stereocenters. The second kappa shape index (κ2) is 11.1. The molecule has 0 unspecified atom stereocenters. The Labute approximate surface area is 199 Å². The van der Waals surface area contributed by atoms with E-state index in [-0.39, 0.29) is 30.7 Å². The van der Waals surface area contributed by atoms with Gasteiger partial charge in [0, 0.05) is 44.8 Å². The number of benzene rings is 2. The first-order valence-electron chi connectivity index (χ1n) is 11.5. The first-order chi connectivity index (χ1) is 16.5. The van der Waals surface area contributed by atoms with Crippen LogP contribution in [-0.2, 0) is 14.3 Å². The topological polar surface area (TPSA) is 100 Å². The Bertz CT molecular complexity index is 1020. The summed E-state index contributed by atoms with van der Waals surface area (Å²) in [6.45, 7) is 4.67. The van der Waals surface area contributed by atoms with Gasteiger partial charge in [0.25, 0.3) is 5.91 Å². The fourth-order valence-electron chi connectivity index (χ4n) is 4.17. The zero-order chi connectivity index (χ0) is 23.9. The number of carbonyl (C=O) groups excluding carboxylic acids is 3. The number of rotatable bonds is 8. The second-order valence-corrected chi connectivity index (χ2v) is 8.35. The van der Waals surface area contributed by atoms with Crippen LogP contribution in [-0.4, -0.2) is 75.7 Å². The van der Waals surface area contributed by atoms with E-state index in [0.29, 0.717) is 36.8 Å². The second-order valence-electron chi connectivity index (χ2n) is 8.35. The number of nitrogens with one attached hydrogen (secondary N) is 2. The van der Waals surface area contributed by atoms with Gasteiger partial charge in [-0.25, -0.2) is 0 Å². The lowest BCUT2D eigenvalue weighted by atomic mass is 10.1. The van der Waals surface area contributed by atoms with Crippen molar-refractivity contribution in [3.8, 4) is 5.75 Å². The molecule has 2 saturated heterocycles. The number of anilines is 2. The van der Waals surface area contributed by atoms with Crippen LogP contribution in [0.4, 0.5) is 11.4 Å². The van der Waals surface area contributed by atoms with E-state index in [0.717, 1.165) is 25.3 Å². The van der Waals surface area contributed by atoms with Crippen LogP contribution in [0.5, 0.6) is 5.75 Å². The number of hydrogen-bond donors (Lipinski definition) is 2. The smallest absolute Gasteiger partial charge is 0.253 e. The van der Waals surface area contributed by atoms with Crippen LogP contribution in [0.3, 0.4) is 0 Å². The van der Waals surface area contributed by atoms with Gasteiger partial charge < -0.3 is 25.0 Å². The van der Waals surface area contributed by atoms with E-state index in [1.165, 1.54) is 0 Å². The van der Waals surface area contributed by atoms with Gasteiger partial charge in [-0.1, -0.05) is 12.1 Å². The molecule has 9 heteroatoms. The maximum atomic E-state index is 13.0. The zero-order valence-electron chi connectivity index (χ0n) is 19.3. The van der Waals surface area contributed by atoms with E-state index in [2.05, 4.69) is 15.5 Å². The first-order valence-corrected chi connectivity index (χ1v) is 11.5. The summed E-state index contributed by atoms with van der Waals surface area (Å²) in [6.07, 6.45) is 0.117. The number of para-hydroxylation sites is 1. The number of morpholine rings is 1. The Hall–Kier alpha value is -3.43. The quantitative estimate of drug-likeness (QED) is 0.615. The van der Waals surface area contributed by atoms with Crippen molar-refractivity contribution in [2.24, 2.45) is 5.92 Å². The van der Waals surface area contributed by atoms with Crippen molar-refractivity contribution in [1.29, 1.82) is 0 Å². The summed E-state index contributed by atoms with van der Waals surface area (Å²) in [5, 5.41) is 5.79. The maximum Gasteiger partial charge on any atom is 0.253 e. The average Bonchev–Trinajstić information content (AvgIpc) is 3.26. The highest BCUT2D eigenvalue weighted by atomic mass is 16.5. The molecule has 0 bridgehead atoms. The summed E-state index contributed by atoms with van der Waals surface area (Å²) in [5.41, 5.74) is 1.56. The van der Waals surface area contributed by atoms with Crippen molar-refractivity contribution in [2.75, 3.05) is 63.3 Å². The number of hydrogen-bond acceptors (Lipinski definition) is 6. The minimum atomic E-state index is -0.507. The van der Waals surface area contributed by atoms with Gasteiger partial charge in [0.1, 0.15) is 5.75 Å². The first kappa shape index (κ1) is 23.7. The van der Waals surface area contributed by atoms with Crippen LogP contribution >= 0.6 is 0 Å². The van der Waals surface area contributed by atoms with E-state index in [4.69, 9.17) is 9.47 Å². The van der Waals surface area contributed by atoms with E-state index in [1.54, 1.807) is 60.5 Å². The molecule has 0 aliphatic carbocycles. The molecule has 2 aliphatic rings. The van der Waals surface area contributed by atoms with Crippen molar-refractivity contribution in [1.82, 2.24) is 10.2 Å².